The number of halogens is 2. The van der Waals surface area contributed by atoms with Crippen molar-refractivity contribution in [2.24, 2.45) is 0 Å². The van der Waals surface area contributed by atoms with Crippen LogP contribution in [-0.4, -0.2) is 45.9 Å². The number of nitrogens with zero attached hydrogens (tertiary/aromatic N) is 4. The quantitative estimate of drug-likeness (QED) is 0.578. The smallest absolute Gasteiger partial charge is 0.270 e. The van der Waals surface area contributed by atoms with Gasteiger partial charge in [-0.1, -0.05) is 17.4 Å². The van der Waals surface area contributed by atoms with Gasteiger partial charge in [0.05, 0.1) is 0 Å². The van der Waals surface area contributed by atoms with Gasteiger partial charge in [0.15, 0.2) is 12.0 Å². The van der Waals surface area contributed by atoms with E-state index >= 15 is 0 Å². The molecule has 5 rings (SSSR count). The lowest BCUT2D eigenvalue weighted by molar-refractivity contribution is 0.0174. The highest BCUT2D eigenvalue weighted by atomic mass is 32.1. The number of ether oxygens (including phenoxy) is 1. The Kier molecular flexibility index (Phi) is 5.33. The van der Waals surface area contributed by atoms with E-state index in [0.29, 0.717) is 47.4 Å². The Morgan fingerprint density at radius 2 is 2.10 bits per heavy atom. The summed E-state index contributed by atoms with van der Waals surface area (Å²) >= 11 is 1.32. The van der Waals surface area contributed by atoms with Crippen molar-refractivity contribution >= 4 is 33.2 Å². The third-order valence-electron chi connectivity index (χ3n) is 5.78. The lowest BCUT2D eigenvalue weighted by atomic mass is 10.0. The molecule has 0 amide bonds. The Morgan fingerprint density at radius 1 is 1.29 bits per heavy atom. The number of nitrogens with one attached hydrogen (secondary N) is 1. The molecule has 1 atom stereocenters. The molecule has 10 heteroatoms. The van der Waals surface area contributed by atoms with Crippen LogP contribution in [0.3, 0.4) is 0 Å². The molecule has 0 radical (unpaired) electrons. The lowest BCUT2D eigenvalue weighted by Crippen LogP contribution is -2.37. The maximum Gasteiger partial charge on any atom is 0.270 e. The number of aliphatic hydroxyl groups is 1. The monoisotopic (exact) mass is 447 g/mol. The summed E-state index contributed by atoms with van der Waals surface area (Å²) in [7, 11) is 0. The molecular weight excluding hydrogens is 424 g/mol. The number of anilines is 2. The fraction of sp³-hybridized carbons (Fsp3) is 0.476. The van der Waals surface area contributed by atoms with E-state index in [1.807, 2.05) is 4.90 Å². The van der Waals surface area contributed by atoms with Gasteiger partial charge in [-0.15, -0.1) is 0 Å². The fourth-order valence-corrected chi connectivity index (χ4v) is 4.97. The van der Waals surface area contributed by atoms with Crippen LogP contribution >= 0.6 is 11.3 Å². The summed E-state index contributed by atoms with van der Waals surface area (Å²) in [6.07, 6.45) is 2.92. The number of fused-ring (bicyclic) bond motifs is 2. The highest BCUT2D eigenvalue weighted by molar-refractivity contribution is 7.18. The van der Waals surface area contributed by atoms with Crippen molar-refractivity contribution in [1.29, 1.82) is 0 Å². The predicted molar refractivity (Wildman–Crippen MR) is 114 cm³/mol. The maximum absolute atomic E-state index is 13.7. The first-order chi connectivity index (χ1) is 14.9. The van der Waals surface area contributed by atoms with Crippen LogP contribution in [0.1, 0.15) is 42.1 Å². The van der Waals surface area contributed by atoms with E-state index in [9.17, 15) is 13.9 Å². The van der Waals surface area contributed by atoms with E-state index < -0.39 is 12.2 Å². The van der Waals surface area contributed by atoms with Crippen LogP contribution in [0, 0.1) is 0 Å². The summed E-state index contributed by atoms with van der Waals surface area (Å²) in [5.41, 5.74) is 2.33. The summed E-state index contributed by atoms with van der Waals surface area (Å²) in [5.74, 6) is -2.25. The normalized spacial score (nSPS) is 18.5. The van der Waals surface area contributed by atoms with E-state index in [-0.39, 0.29) is 11.6 Å². The van der Waals surface area contributed by atoms with Crippen LogP contribution in [0.2, 0.25) is 0 Å². The second kappa shape index (κ2) is 8.01. The van der Waals surface area contributed by atoms with Crippen molar-refractivity contribution in [1.82, 2.24) is 20.3 Å². The Bertz CT molecular complexity index is 1100. The Labute approximate surface area is 182 Å². The van der Waals surface area contributed by atoms with Crippen LogP contribution in [-0.2, 0) is 17.1 Å². The minimum Gasteiger partial charge on any atom is -0.381 e. The summed E-state index contributed by atoms with van der Waals surface area (Å²) in [6, 6.07) is 4.93. The van der Waals surface area contributed by atoms with Gasteiger partial charge < -0.3 is 14.7 Å². The van der Waals surface area contributed by atoms with E-state index in [1.54, 1.807) is 12.1 Å². The first kappa shape index (κ1) is 20.6. The van der Waals surface area contributed by atoms with Gasteiger partial charge in [-0.25, -0.2) is 23.7 Å². The van der Waals surface area contributed by atoms with Gasteiger partial charge in [-0.05, 0) is 37.0 Å². The van der Waals surface area contributed by atoms with Crippen molar-refractivity contribution < 1.29 is 18.6 Å². The van der Waals surface area contributed by atoms with Gasteiger partial charge in [0.25, 0.3) is 5.92 Å². The summed E-state index contributed by atoms with van der Waals surface area (Å²) < 4.78 is 32.8. The molecule has 2 aromatic heterocycles. The van der Waals surface area contributed by atoms with Crippen LogP contribution in [0.15, 0.2) is 24.5 Å². The molecule has 3 aromatic rings. The molecule has 0 spiro atoms. The summed E-state index contributed by atoms with van der Waals surface area (Å²) in [6.45, 7) is 2.89. The number of hydrogen-bond donors (Lipinski definition) is 2. The molecule has 7 nitrogen and oxygen atoms in total. The van der Waals surface area contributed by atoms with Gasteiger partial charge in [0.2, 0.25) is 0 Å². The van der Waals surface area contributed by atoms with E-state index in [4.69, 9.17) is 4.74 Å². The topological polar surface area (TPSA) is 83.4 Å². The lowest BCUT2D eigenvalue weighted by Gasteiger charge is -2.25. The van der Waals surface area contributed by atoms with Crippen LogP contribution in [0.25, 0.3) is 10.3 Å². The number of aliphatic hydroxyl groups excluding tert-OH is 1. The summed E-state index contributed by atoms with van der Waals surface area (Å²) in [4.78, 5) is 16.1. The molecule has 2 aliphatic rings. The van der Waals surface area contributed by atoms with Gasteiger partial charge in [0, 0.05) is 44.0 Å². The molecule has 1 unspecified atom stereocenters. The largest absolute Gasteiger partial charge is 0.381 e. The van der Waals surface area contributed by atoms with E-state index in [2.05, 4.69) is 20.3 Å². The number of alkyl halides is 2. The molecule has 1 saturated heterocycles. The molecule has 2 aliphatic heterocycles. The van der Waals surface area contributed by atoms with E-state index in [1.165, 1.54) is 23.7 Å². The third-order valence-corrected chi connectivity index (χ3v) is 6.79. The second-order valence-electron chi connectivity index (χ2n) is 7.99. The zero-order valence-electron chi connectivity index (χ0n) is 17.0. The number of hydrogen-bond acceptors (Lipinski definition) is 8. The predicted octanol–water partition coefficient (Wildman–Crippen LogP) is 3.65. The zero-order chi connectivity index (χ0) is 21.6. The Hall–Kier alpha value is -2.27. The minimum absolute atomic E-state index is 0.0131. The highest BCUT2D eigenvalue weighted by Gasteiger charge is 2.30. The number of aromatic nitrogens is 3. The summed E-state index contributed by atoms with van der Waals surface area (Å²) in [5, 5.41) is 14.4. The van der Waals surface area contributed by atoms with E-state index in [0.717, 1.165) is 31.0 Å². The number of benzene rings is 1. The molecule has 0 aliphatic carbocycles. The van der Waals surface area contributed by atoms with Crippen LogP contribution in [0.4, 0.5) is 20.3 Å². The van der Waals surface area contributed by atoms with Gasteiger partial charge in [0.1, 0.15) is 21.7 Å². The average molecular weight is 448 g/mol. The number of thiazole rings is 1. The van der Waals surface area contributed by atoms with Crippen molar-refractivity contribution in [3.8, 4) is 0 Å². The molecular formula is C21H23F2N5O2S. The maximum atomic E-state index is 13.7. The first-order valence-electron chi connectivity index (χ1n) is 10.3. The molecule has 31 heavy (non-hydrogen) atoms. The molecule has 1 fully saturated rings. The molecule has 4 heterocycles. The van der Waals surface area contributed by atoms with Crippen molar-refractivity contribution in [3.05, 3.63) is 40.7 Å². The molecule has 164 valence electrons. The molecule has 0 bridgehead atoms. The van der Waals surface area contributed by atoms with Crippen molar-refractivity contribution in [3.63, 3.8) is 0 Å². The number of rotatable bonds is 5. The first-order valence-corrected chi connectivity index (χ1v) is 11.1. The standard InChI is InChI=1S/C21H23F2N5O2S/c1-21(22,23)13-2-3-15-12(10-13)4-7-28(15)17-16-19(25-11-24-17)31-20(27-16)18(29)26-14-5-8-30-9-6-14/h2-3,10-11,14,18,26,29H,4-9H2,1H3. The molecule has 0 saturated carbocycles. The third kappa shape index (κ3) is 4.00. The van der Waals surface area contributed by atoms with Gasteiger partial charge >= 0.3 is 0 Å². The average Bonchev–Trinajstić information content (AvgIpc) is 3.37. The van der Waals surface area contributed by atoms with Crippen LogP contribution < -0.4 is 10.2 Å². The minimum atomic E-state index is -2.87. The molecule has 2 N–H and O–H groups in total. The Morgan fingerprint density at radius 3 is 2.87 bits per heavy atom. The zero-order valence-corrected chi connectivity index (χ0v) is 17.8. The van der Waals surface area contributed by atoms with Crippen molar-refractivity contribution in [2.45, 2.75) is 44.4 Å². The second-order valence-corrected chi connectivity index (χ2v) is 9.00. The molecule has 1 aromatic carbocycles. The van der Waals surface area contributed by atoms with Crippen LogP contribution in [0.5, 0.6) is 0 Å². The van der Waals surface area contributed by atoms with Crippen molar-refractivity contribution in [2.75, 3.05) is 24.7 Å². The van der Waals surface area contributed by atoms with Gasteiger partial charge in [-0.2, -0.15) is 0 Å². The van der Waals surface area contributed by atoms with Gasteiger partial charge in [-0.3, -0.25) is 5.32 Å². The fourth-order valence-electron chi connectivity index (χ4n) is 4.13. The SMILES string of the molecule is CC(F)(F)c1ccc2c(c1)CCN2c1ncnc2sc(C(O)NC3CCOCC3)nc12. The Balaban J connectivity index is 1.44. The highest BCUT2D eigenvalue weighted by Crippen LogP contribution is 2.40.